The van der Waals surface area contributed by atoms with E-state index in [0.29, 0.717) is 31.6 Å². The number of piperidine rings is 1. The predicted molar refractivity (Wildman–Crippen MR) is 163 cm³/mol. The van der Waals surface area contributed by atoms with Crippen LogP contribution in [0.2, 0.25) is 0 Å². The maximum Gasteiger partial charge on any atom is 0.289 e. The molecule has 7 rings (SSSR count). The Kier molecular flexibility index (Phi) is 7.22. The number of Topliss-reactive ketones (excluding diaryl/α,β-unsaturated/α-hetero) is 1. The van der Waals surface area contributed by atoms with Gasteiger partial charge in [-0.15, -0.1) is 0 Å². The Balaban J connectivity index is 1.19. The first-order chi connectivity index (χ1) is 21.3. The number of fused-ring (bicyclic) bond motifs is 1. The van der Waals surface area contributed by atoms with E-state index in [4.69, 9.17) is 0 Å². The number of rotatable bonds is 9. The Morgan fingerprint density at radius 2 is 1.70 bits per heavy atom. The van der Waals surface area contributed by atoms with Gasteiger partial charge in [-0.2, -0.15) is 0 Å². The Morgan fingerprint density at radius 3 is 2.41 bits per heavy atom. The van der Waals surface area contributed by atoms with Gasteiger partial charge in [0, 0.05) is 36.1 Å². The molecule has 10 heteroatoms. The molecule has 3 heterocycles. The predicted octanol–water partition coefficient (Wildman–Crippen LogP) is 2.87. The molecule has 1 aromatic heterocycles. The van der Waals surface area contributed by atoms with E-state index in [0.717, 1.165) is 48.7 Å². The van der Waals surface area contributed by atoms with Crippen molar-refractivity contribution in [2.45, 2.75) is 69.5 Å². The topological polar surface area (TPSA) is 130 Å². The van der Waals surface area contributed by atoms with Gasteiger partial charge in [-0.25, -0.2) is 0 Å². The van der Waals surface area contributed by atoms with Gasteiger partial charge in [0.1, 0.15) is 11.7 Å². The second-order valence-electron chi connectivity index (χ2n) is 12.9. The first kappa shape index (κ1) is 28.3. The summed E-state index contributed by atoms with van der Waals surface area (Å²) >= 11 is 0. The third-order valence-corrected chi connectivity index (χ3v) is 9.80. The van der Waals surface area contributed by atoms with Gasteiger partial charge >= 0.3 is 0 Å². The van der Waals surface area contributed by atoms with Crippen LogP contribution in [-0.2, 0) is 19.2 Å². The number of amides is 4. The highest BCUT2D eigenvalue weighted by Crippen LogP contribution is 2.55. The number of nitrogens with zero attached hydrogens (tertiary/aromatic N) is 2. The van der Waals surface area contributed by atoms with Crippen LogP contribution in [0.1, 0.15) is 61.9 Å². The quantitative estimate of drug-likeness (QED) is 0.328. The van der Waals surface area contributed by atoms with Crippen molar-refractivity contribution in [3.63, 3.8) is 0 Å². The summed E-state index contributed by atoms with van der Waals surface area (Å²) in [5.74, 6) is -2.85. The highest BCUT2D eigenvalue weighted by atomic mass is 16.2. The number of carbonyl (C=O) groups is 5. The number of ketones is 1. The number of benzene rings is 2. The molecule has 3 N–H and O–H groups in total. The molecule has 10 nitrogen and oxygen atoms in total. The molecule has 44 heavy (non-hydrogen) atoms. The van der Waals surface area contributed by atoms with Crippen LogP contribution in [0.4, 0.5) is 0 Å². The van der Waals surface area contributed by atoms with Gasteiger partial charge < -0.3 is 25.4 Å². The Morgan fingerprint density at radius 1 is 0.955 bits per heavy atom. The molecule has 2 saturated heterocycles. The SMILES string of the molecule is O=C(NC1CC1)C(=O)C(C[C@@H]1CCNC1=O)NC(=O)[C@@H]1CC2(CCN1C(=O)c1cc3ccccc3n1-c1ccccc1)CC2. The molecule has 1 unspecified atom stereocenters. The molecule has 4 aliphatic rings. The van der Waals surface area contributed by atoms with Gasteiger partial charge in [0.2, 0.25) is 17.6 Å². The second-order valence-corrected chi connectivity index (χ2v) is 12.9. The molecule has 228 valence electrons. The summed E-state index contributed by atoms with van der Waals surface area (Å²) in [6, 6.07) is 17.4. The van der Waals surface area contributed by atoms with Crippen molar-refractivity contribution < 1.29 is 24.0 Å². The fourth-order valence-corrected chi connectivity index (χ4v) is 6.85. The molecule has 2 saturated carbocycles. The van der Waals surface area contributed by atoms with Gasteiger partial charge in [-0.3, -0.25) is 24.0 Å². The summed E-state index contributed by atoms with van der Waals surface area (Å²) in [6.07, 6.45) is 5.52. The van der Waals surface area contributed by atoms with Crippen LogP contribution in [0.5, 0.6) is 0 Å². The summed E-state index contributed by atoms with van der Waals surface area (Å²) in [6.45, 7) is 0.911. The minimum atomic E-state index is -1.15. The lowest BCUT2D eigenvalue weighted by Crippen LogP contribution is -2.58. The zero-order chi connectivity index (χ0) is 30.4. The van der Waals surface area contributed by atoms with Crippen LogP contribution in [0, 0.1) is 11.3 Å². The van der Waals surface area contributed by atoms with Crippen molar-refractivity contribution in [2.75, 3.05) is 13.1 Å². The number of hydrogen-bond donors (Lipinski definition) is 3. The zero-order valence-corrected chi connectivity index (χ0v) is 24.6. The van der Waals surface area contributed by atoms with E-state index in [1.807, 2.05) is 65.2 Å². The largest absolute Gasteiger partial charge is 0.356 e. The lowest BCUT2D eigenvalue weighted by atomic mass is 9.86. The number of para-hydroxylation sites is 2. The standard InChI is InChI=1S/C34H37N5O5/c40-29(32(43)36-23-10-11-23)25(18-22-12-16-35-30(22)41)37-31(42)28-20-34(13-14-34)15-17-38(28)33(44)27-19-21-6-4-5-9-26(21)39(27)24-7-2-1-3-8-24/h1-9,19,22-23,25,28H,10-18,20H2,(H,35,41)(H,36,43)(H,37,42)/t22-,25?,28-/m0/s1. The van der Waals surface area contributed by atoms with E-state index >= 15 is 0 Å². The minimum Gasteiger partial charge on any atom is -0.356 e. The summed E-state index contributed by atoms with van der Waals surface area (Å²) < 4.78 is 1.93. The van der Waals surface area contributed by atoms with Gasteiger partial charge in [-0.05, 0) is 81.0 Å². The summed E-state index contributed by atoms with van der Waals surface area (Å²) in [5, 5.41) is 9.26. The summed E-state index contributed by atoms with van der Waals surface area (Å²) in [4.78, 5) is 68.7. The van der Waals surface area contributed by atoms with Gasteiger partial charge in [0.05, 0.1) is 11.6 Å². The maximum atomic E-state index is 14.4. The third kappa shape index (κ3) is 5.49. The van der Waals surface area contributed by atoms with E-state index in [1.54, 1.807) is 4.90 Å². The highest BCUT2D eigenvalue weighted by Gasteiger charge is 2.52. The summed E-state index contributed by atoms with van der Waals surface area (Å²) in [7, 11) is 0. The van der Waals surface area contributed by atoms with Crippen molar-refractivity contribution in [1.29, 1.82) is 0 Å². The van der Waals surface area contributed by atoms with Crippen molar-refractivity contribution in [3.8, 4) is 5.69 Å². The van der Waals surface area contributed by atoms with Gasteiger partial charge in [-0.1, -0.05) is 36.4 Å². The van der Waals surface area contributed by atoms with Crippen LogP contribution < -0.4 is 16.0 Å². The van der Waals surface area contributed by atoms with E-state index in [1.165, 1.54) is 0 Å². The molecular weight excluding hydrogens is 558 g/mol. The molecule has 0 radical (unpaired) electrons. The maximum absolute atomic E-state index is 14.4. The Bertz CT molecular complexity index is 1640. The van der Waals surface area contributed by atoms with E-state index in [9.17, 15) is 24.0 Å². The smallest absolute Gasteiger partial charge is 0.289 e. The van der Waals surface area contributed by atoms with Crippen molar-refractivity contribution in [2.24, 2.45) is 11.3 Å². The molecule has 1 spiro atoms. The Hall–Kier alpha value is -4.47. The molecule has 4 fully saturated rings. The number of aromatic nitrogens is 1. The Labute approximate surface area is 255 Å². The molecule has 2 aliphatic carbocycles. The van der Waals surface area contributed by atoms with Crippen LogP contribution in [0.25, 0.3) is 16.6 Å². The lowest BCUT2D eigenvalue weighted by molar-refractivity contribution is -0.141. The van der Waals surface area contributed by atoms with Crippen LogP contribution in [0.3, 0.4) is 0 Å². The van der Waals surface area contributed by atoms with Crippen molar-refractivity contribution in [1.82, 2.24) is 25.4 Å². The molecule has 3 aromatic rings. The lowest BCUT2D eigenvalue weighted by Gasteiger charge is -2.39. The second kappa shape index (κ2) is 11.2. The number of carbonyl (C=O) groups excluding carboxylic acids is 5. The van der Waals surface area contributed by atoms with Crippen LogP contribution >= 0.6 is 0 Å². The average molecular weight is 596 g/mol. The minimum absolute atomic E-state index is 0.0130. The molecular formula is C34H37N5O5. The van der Waals surface area contributed by atoms with E-state index < -0.39 is 35.6 Å². The first-order valence-electron chi connectivity index (χ1n) is 15.7. The van der Waals surface area contributed by atoms with Crippen molar-refractivity contribution >= 4 is 40.3 Å². The molecule has 0 bridgehead atoms. The number of likely N-dealkylation sites (tertiary alicyclic amines) is 1. The third-order valence-electron chi connectivity index (χ3n) is 9.80. The zero-order valence-electron chi connectivity index (χ0n) is 24.6. The average Bonchev–Trinajstić information content (AvgIpc) is 3.93. The summed E-state index contributed by atoms with van der Waals surface area (Å²) in [5.41, 5.74) is 2.21. The highest BCUT2D eigenvalue weighted by molar-refractivity contribution is 6.38. The molecule has 2 aliphatic heterocycles. The number of hydrogen-bond acceptors (Lipinski definition) is 5. The van der Waals surface area contributed by atoms with Crippen molar-refractivity contribution in [3.05, 3.63) is 66.4 Å². The molecule has 3 atom stereocenters. The van der Waals surface area contributed by atoms with Crippen LogP contribution in [-0.4, -0.2) is 70.1 Å². The van der Waals surface area contributed by atoms with Crippen LogP contribution in [0.15, 0.2) is 60.7 Å². The first-order valence-corrected chi connectivity index (χ1v) is 15.7. The molecule has 2 aromatic carbocycles. The fourth-order valence-electron chi connectivity index (χ4n) is 6.85. The van der Waals surface area contributed by atoms with E-state index in [-0.39, 0.29) is 29.7 Å². The number of nitrogens with one attached hydrogen (secondary N) is 3. The fraction of sp³-hybridized carbons (Fsp3) is 0.441. The van der Waals surface area contributed by atoms with Gasteiger partial charge in [0.15, 0.2) is 0 Å². The van der Waals surface area contributed by atoms with E-state index in [2.05, 4.69) is 16.0 Å². The normalized spacial score (nSPS) is 22.8. The molecule has 4 amide bonds. The monoisotopic (exact) mass is 595 g/mol. The van der Waals surface area contributed by atoms with Gasteiger partial charge in [0.25, 0.3) is 11.8 Å².